The molecule has 1 aromatic rings. The van der Waals surface area contributed by atoms with Gasteiger partial charge < -0.3 is 20.7 Å². The highest BCUT2D eigenvalue weighted by molar-refractivity contribution is 5.76. The maximum Gasteiger partial charge on any atom is 0.221 e. The van der Waals surface area contributed by atoms with Crippen LogP contribution in [0.2, 0.25) is 0 Å². The van der Waals surface area contributed by atoms with E-state index in [4.69, 9.17) is 10.5 Å². The number of carbonyl (C=O) groups is 1. The van der Waals surface area contributed by atoms with Gasteiger partial charge in [0.2, 0.25) is 5.91 Å². The Bertz CT molecular complexity index is 501. The van der Waals surface area contributed by atoms with Gasteiger partial charge in [0.1, 0.15) is 5.75 Å². The molecule has 2 atom stereocenters. The lowest BCUT2D eigenvalue weighted by atomic mass is 9.92. The quantitative estimate of drug-likeness (QED) is 0.801. The van der Waals surface area contributed by atoms with Gasteiger partial charge in [-0.15, -0.1) is 0 Å². The Morgan fingerprint density at radius 2 is 2.04 bits per heavy atom. The fraction of sp³-hybridized carbons (Fsp3) is 0.611. The van der Waals surface area contributed by atoms with E-state index >= 15 is 0 Å². The molecule has 0 radical (unpaired) electrons. The van der Waals surface area contributed by atoms with E-state index < -0.39 is 0 Å². The standard InChI is InChI=1S/C18H29N3O2/c1-13(2)16-11-21(12-17(16)19)9-8-18(22)20-10-14-4-6-15(23-3)7-5-14/h4-7,13,16-17H,8-12,19H2,1-3H3,(H,20,22)/t16-,17+/m1/s1. The lowest BCUT2D eigenvalue weighted by Crippen LogP contribution is -2.32. The number of carbonyl (C=O) groups excluding carboxylic acids is 1. The zero-order valence-corrected chi connectivity index (χ0v) is 14.4. The number of nitrogens with zero attached hydrogens (tertiary/aromatic N) is 1. The van der Waals surface area contributed by atoms with Crippen molar-refractivity contribution in [3.8, 4) is 5.75 Å². The van der Waals surface area contributed by atoms with Gasteiger partial charge in [-0.3, -0.25) is 4.79 Å². The highest BCUT2D eigenvalue weighted by Gasteiger charge is 2.31. The molecule has 0 bridgehead atoms. The van der Waals surface area contributed by atoms with Crippen molar-refractivity contribution in [2.75, 3.05) is 26.7 Å². The first-order chi connectivity index (χ1) is 11.0. The molecule has 1 saturated heterocycles. The molecule has 0 unspecified atom stereocenters. The summed E-state index contributed by atoms with van der Waals surface area (Å²) in [5.41, 5.74) is 7.25. The Hall–Kier alpha value is -1.59. The maximum atomic E-state index is 12.0. The Kier molecular flexibility index (Phi) is 6.42. The summed E-state index contributed by atoms with van der Waals surface area (Å²) < 4.78 is 5.12. The summed E-state index contributed by atoms with van der Waals surface area (Å²) in [5.74, 6) is 2.05. The number of amides is 1. The highest BCUT2D eigenvalue weighted by atomic mass is 16.5. The summed E-state index contributed by atoms with van der Waals surface area (Å²) in [5, 5.41) is 2.97. The molecule has 1 fully saturated rings. The topological polar surface area (TPSA) is 67.6 Å². The molecule has 0 saturated carbocycles. The second-order valence-electron chi connectivity index (χ2n) is 6.71. The number of rotatable bonds is 7. The Morgan fingerprint density at radius 1 is 1.35 bits per heavy atom. The van der Waals surface area contributed by atoms with Crippen molar-refractivity contribution in [2.24, 2.45) is 17.6 Å². The van der Waals surface area contributed by atoms with Crippen LogP contribution in [0.1, 0.15) is 25.8 Å². The van der Waals surface area contributed by atoms with Crippen LogP contribution >= 0.6 is 0 Å². The van der Waals surface area contributed by atoms with E-state index in [1.54, 1.807) is 7.11 Å². The lowest BCUT2D eigenvalue weighted by Gasteiger charge is -2.18. The summed E-state index contributed by atoms with van der Waals surface area (Å²) in [7, 11) is 1.64. The van der Waals surface area contributed by atoms with Gasteiger partial charge in [-0.1, -0.05) is 26.0 Å². The van der Waals surface area contributed by atoms with Crippen molar-refractivity contribution in [1.82, 2.24) is 10.2 Å². The molecular weight excluding hydrogens is 290 g/mol. The van der Waals surface area contributed by atoms with Crippen molar-refractivity contribution < 1.29 is 9.53 Å². The molecule has 5 nitrogen and oxygen atoms in total. The molecule has 1 aliphatic heterocycles. The van der Waals surface area contributed by atoms with Crippen LogP contribution in [0.3, 0.4) is 0 Å². The van der Waals surface area contributed by atoms with E-state index in [9.17, 15) is 4.79 Å². The van der Waals surface area contributed by atoms with Crippen LogP contribution in [-0.4, -0.2) is 43.6 Å². The molecule has 0 spiro atoms. The van der Waals surface area contributed by atoms with Crippen molar-refractivity contribution >= 4 is 5.91 Å². The number of hydrogen-bond acceptors (Lipinski definition) is 4. The second-order valence-corrected chi connectivity index (χ2v) is 6.71. The normalized spacial score (nSPS) is 21.6. The van der Waals surface area contributed by atoms with Gasteiger partial charge in [-0.05, 0) is 29.5 Å². The molecule has 0 aliphatic carbocycles. The van der Waals surface area contributed by atoms with Crippen LogP contribution in [-0.2, 0) is 11.3 Å². The predicted molar refractivity (Wildman–Crippen MR) is 92.2 cm³/mol. The van der Waals surface area contributed by atoms with E-state index in [1.165, 1.54) is 0 Å². The van der Waals surface area contributed by atoms with Gasteiger partial charge in [-0.2, -0.15) is 0 Å². The van der Waals surface area contributed by atoms with E-state index in [-0.39, 0.29) is 11.9 Å². The fourth-order valence-electron chi connectivity index (χ4n) is 3.12. The molecule has 5 heteroatoms. The number of ether oxygens (including phenoxy) is 1. The van der Waals surface area contributed by atoms with Gasteiger partial charge >= 0.3 is 0 Å². The molecule has 1 heterocycles. The number of nitrogens with two attached hydrogens (primary N) is 1. The number of likely N-dealkylation sites (tertiary alicyclic amines) is 1. The molecule has 128 valence electrons. The van der Waals surface area contributed by atoms with Gasteiger partial charge in [0.05, 0.1) is 7.11 Å². The average molecular weight is 319 g/mol. The van der Waals surface area contributed by atoms with Crippen molar-refractivity contribution in [1.29, 1.82) is 0 Å². The summed E-state index contributed by atoms with van der Waals surface area (Å²) >= 11 is 0. The smallest absolute Gasteiger partial charge is 0.221 e. The van der Waals surface area contributed by atoms with Crippen LogP contribution < -0.4 is 15.8 Å². The first kappa shape index (κ1) is 17.8. The molecular formula is C18H29N3O2. The molecule has 1 aliphatic rings. The van der Waals surface area contributed by atoms with Crippen LogP contribution in [0, 0.1) is 11.8 Å². The van der Waals surface area contributed by atoms with E-state index in [1.807, 2.05) is 24.3 Å². The lowest BCUT2D eigenvalue weighted by molar-refractivity contribution is -0.121. The Balaban J connectivity index is 1.69. The van der Waals surface area contributed by atoms with Crippen LogP contribution in [0.5, 0.6) is 5.75 Å². The average Bonchev–Trinajstić information content (AvgIpc) is 2.92. The third-order valence-electron chi connectivity index (χ3n) is 4.65. The van der Waals surface area contributed by atoms with E-state index in [0.717, 1.165) is 30.9 Å². The van der Waals surface area contributed by atoms with Crippen molar-refractivity contribution in [2.45, 2.75) is 32.9 Å². The minimum absolute atomic E-state index is 0.0855. The van der Waals surface area contributed by atoms with E-state index in [2.05, 4.69) is 24.1 Å². The first-order valence-electron chi connectivity index (χ1n) is 8.37. The van der Waals surface area contributed by atoms with E-state index in [0.29, 0.717) is 24.8 Å². The molecule has 23 heavy (non-hydrogen) atoms. The minimum Gasteiger partial charge on any atom is -0.497 e. The zero-order valence-electron chi connectivity index (χ0n) is 14.4. The van der Waals surface area contributed by atoms with Gasteiger partial charge in [0.15, 0.2) is 0 Å². The molecule has 3 N–H and O–H groups in total. The van der Waals surface area contributed by atoms with Crippen LogP contribution in [0.15, 0.2) is 24.3 Å². The molecule has 1 aromatic carbocycles. The van der Waals surface area contributed by atoms with Crippen molar-refractivity contribution in [3.05, 3.63) is 29.8 Å². The number of benzene rings is 1. The van der Waals surface area contributed by atoms with Crippen molar-refractivity contribution in [3.63, 3.8) is 0 Å². The number of hydrogen-bond donors (Lipinski definition) is 2. The summed E-state index contributed by atoms with van der Waals surface area (Å²) in [4.78, 5) is 14.3. The Morgan fingerprint density at radius 3 is 2.61 bits per heavy atom. The van der Waals surface area contributed by atoms with Crippen LogP contribution in [0.4, 0.5) is 0 Å². The molecule has 2 rings (SSSR count). The highest BCUT2D eigenvalue weighted by Crippen LogP contribution is 2.22. The van der Waals surface area contributed by atoms with Gasteiger partial charge in [-0.25, -0.2) is 0 Å². The molecule has 0 aromatic heterocycles. The first-order valence-corrected chi connectivity index (χ1v) is 8.37. The minimum atomic E-state index is 0.0855. The second kappa shape index (κ2) is 8.31. The van der Waals surface area contributed by atoms with Gasteiger partial charge in [0, 0.05) is 38.6 Å². The number of methoxy groups -OCH3 is 1. The SMILES string of the molecule is COc1ccc(CNC(=O)CCN2C[C@H](C(C)C)[C@@H](N)C2)cc1. The maximum absolute atomic E-state index is 12.0. The third kappa shape index (κ3) is 5.22. The zero-order chi connectivity index (χ0) is 16.8. The summed E-state index contributed by atoms with van der Waals surface area (Å²) in [6.07, 6.45) is 0.522. The third-order valence-corrected chi connectivity index (χ3v) is 4.65. The number of nitrogens with one attached hydrogen (secondary N) is 1. The fourth-order valence-corrected chi connectivity index (χ4v) is 3.12. The molecule has 1 amide bonds. The largest absolute Gasteiger partial charge is 0.497 e. The van der Waals surface area contributed by atoms with Gasteiger partial charge in [0.25, 0.3) is 0 Å². The Labute approximate surface area is 139 Å². The monoisotopic (exact) mass is 319 g/mol. The summed E-state index contributed by atoms with van der Waals surface area (Å²) in [6, 6.07) is 7.97. The summed E-state index contributed by atoms with van der Waals surface area (Å²) in [6.45, 7) is 7.67. The predicted octanol–water partition coefficient (Wildman–Crippen LogP) is 1.62. The van der Waals surface area contributed by atoms with Crippen LogP contribution in [0.25, 0.3) is 0 Å².